The van der Waals surface area contributed by atoms with Gasteiger partial charge in [-0.2, -0.15) is 13.2 Å². The molecular weight excluding hydrogens is 435 g/mol. The van der Waals surface area contributed by atoms with E-state index in [4.69, 9.17) is 10.5 Å². The van der Waals surface area contributed by atoms with Crippen LogP contribution in [0.25, 0.3) is 0 Å². The molecule has 1 aliphatic rings. The summed E-state index contributed by atoms with van der Waals surface area (Å²) < 4.78 is 43.8. The summed E-state index contributed by atoms with van der Waals surface area (Å²) in [6.07, 6.45) is -2.86. The van der Waals surface area contributed by atoms with Crippen molar-refractivity contribution in [3.8, 4) is 5.75 Å². The Hall–Kier alpha value is -2.22. The van der Waals surface area contributed by atoms with Crippen LogP contribution in [0.5, 0.6) is 5.75 Å². The molecule has 0 spiro atoms. The predicted molar refractivity (Wildman–Crippen MR) is 109 cm³/mol. The second-order valence-electron chi connectivity index (χ2n) is 6.65. The Morgan fingerprint density at radius 3 is 2.57 bits per heavy atom. The second-order valence-corrected chi connectivity index (χ2v) is 6.65. The Balaban J connectivity index is 0.00000280. The molecule has 0 saturated heterocycles. The van der Waals surface area contributed by atoms with Gasteiger partial charge in [0.2, 0.25) is 0 Å². The van der Waals surface area contributed by atoms with Crippen LogP contribution in [0.4, 0.5) is 13.2 Å². The van der Waals surface area contributed by atoms with Crippen molar-refractivity contribution in [3.63, 3.8) is 0 Å². The van der Waals surface area contributed by atoms with Crippen molar-refractivity contribution in [1.82, 2.24) is 5.32 Å². The van der Waals surface area contributed by atoms with Crippen LogP contribution in [0.2, 0.25) is 0 Å². The standard InChI is InChI=1S/C20H22F3N3O.BrH/c1-27-18-8-3-2-5-14(18)12-25-19(24)26-17-10-15(11-17)13-6-4-7-16(9-13)20(21,22)23;/h2-9,15,17H,10-12H2,1H3,(H3,24,25,26);1H. The maximum Gasteiger partial charge on any atom is 0.416 e. The van der Waals surface area contributed by atoms with Gasteiger partial charge in [-0.3, -0.25) is 0 Å². The summed E-state index contributed by atoms with van der Waals surface area (Å²) in [6, 6.07) is 13.2. The second kappa shape index (κ2) is 9.32. The van der Waals surface area contributed by atoms with Crippen molar-refractivity contribution in [2.24, 2.45) is 10.7 Å². The summed E-state index contributed by atoms with van der Waals surface area (Å²) in [5.74, 6) is 1.18. The first-order chi connectivity index (χ1) is 12.9. The minimum atomic E-state index is -4.31. The minimum absolute atomic E-state index is 0. The van der Waals surface area contributed by atoms with Crippen LogP contribution in [0.1, 0.15) is 35.4 Å². The Morgan fingerprint density at radius 1 is 1.18 bits per heavy atom. The molecule has 2 aromatic carbocycles. The molecule has 0 aliphatic heterocycles. The number of halogens is 4. The Labute approximate surface area is 172 Å². The first-order valence-electron chi connectivity index (χ1n) is 8.72. The number of nitrogens with two attached hydrogens (primary N) is 1. The lowest BCUT2D eigenvalue weighted by Crippen LogP contribution is -2.46. The van der Waals surface area contributed by atoms with Crippen molar-refractivity contribution >= 4 is 22.9 Å². The lowest BCUT2D eigenvalue weighted by atomic mass is 9.75. The molecule has 152 valence electrons. The molecule has 0 radical (unpaired) electrons. The van der Waals surface area contributed by atoms with Crippen LogP contribution >= 0.6 is 17.0 Å². The maximum absolute atomic E-state index is 12.8. The SMILES string of the molecule is Br.COc1ccccc1CN=C(N)NC1CC(c2cccc(C(F)(F)F)c2)C1. The van der Waals surface area contributed by atoms with Crippen LogP contribution in [-0.2, 0) is 12.7 Å². The fraction of sp³-hybridized carbons (Fsp3) is 0.350. The smallest absolute Gasteiger partial charge is 0.416 e. The number of hydrogen-bond donors (Lipinski definition) is 2. The normalized spacial score (nSPS) is 19.4. The third-order valence-corrected chi connectivity index (χ3v) is 4.79. The molecule has 0 aromatic heterocycles. The van der Waals surface area contributed by atoms with Gasteiger partial charge in [0.1, 0.15) is 5.75 Å². The van der Waals surface area contributed by atoms with Gasteiger partial charge in [-0.05, 0) is 36.5 Å². The van der Waals surface area contributed by atoms with Crippen molar-refractivity contribution in [3.05, 3.63) is 65.2 Å². The predicted octanol–water partition coefficient (Wildman–Crippen LogP) is 4.64. The molecule has 8 heteroatoms. The third-order valence-electron chi connectivity index (χ3n) is 4.79. The lowest BCUT2D eigenvalue weighted by molar-refractivity contribution is -0.137. The van der Waals surface area contributed by atoms with Crippen molar-refractivity contribution in [1.29, 1.82) is 0 Å². The van der Waals surface area contributed by atoms with Crippen LogP contribution in [0.3, 0.4) is 0 Å². The van der Waals surface area contributed by atoms with Crippen molar-refractivity contribution < 1.29 is 17.9 Å². The fourth-order valence-corrected chi connectivity index (χ4v) is 3.24. The Kier molecular flexibility index (Phi) is 7.35. The number of ether oxygens (including phenoxy) is 1. The number of hydrogen-bond acceptors (Lipinski definition) is 2. The molecule has 2 aromatic rings. The number of aliphatic imine (C=N–C) groups is 1. The highest BCUT2D eigenvalue weighted by atomic mass is 79.9. The largest absolute Gasteiger partial charge is 0.496 e. The van der Waals surface area contributed by atoms with E-state index in [1.54, 1.807) is 13.2 Å². The quantitative estimate of drug-likeness (QED) is 0.507. The Morgan fingerprint density at radius 2 is 1.89 bits per heavy atom. The number of para-hydroxylation sites is 1. The number of nitrogens with one attached hydrogen (secondary N) is 1. The summed E-state index contributed by atoms with van der Waals surface area (Å²) in [4.78, 5) is 4.32. The number of rotatable bonds is 5. The first kappa shape index (κ1) is 22.1. The summed E-state index contributed by atoms with van der Waals surface area (Å²) in [7, 11) is 1.60. The van der Waals surface area contributed by atoms with E-state index in [-0.39, 0.29) is 28.9 Å². The molecule has 0 amide bonds. The molecule has 0 heterocycles. The van der Waals surface area contributed by atoms with E-state index in [1.165, 1.54) is 12.1 Å². The number of benzene rings is 2. The molecule has 4 nitrogen and oxygen atoms in total. The van der Waals surface area contributed by atoms with E-state index in [1.807, 2.05) is 24.3 Å². The van der Waals surface area contributed by atoms with Gasteiger partial charge in [-0.1, -0.05) is 36.4 Å². The highest BCUT2D eigenvalue weighted by molar-refractivity contribution is 8.93. The van der Waals surface area contributed by atoms with Gasteiger partial charge in [0, 0.05) is 11.6 Å². The first-order valence-corrected chi connectivity index (χ1v) is 8.72. The Bertz CT molecular complexity index is 820. The van der Waals surface area contributed by atoms with E-state index < -0.39 is 11.7 Å². The summed E-state index contributed by atoms with van der Waals surface area (Å²) in [5, 5.41) is 3.13. The number of methoxy groups -OCH3 is 1. The van der Waals surface area contributed by atoms with E-state index in [9.17, 15) is 13.2 Å². The zero-order valence-electron chi connectivity index (χ0n) is 15.4. The van der Waals surface area contributed by atoms with Crippen LogP contribution < -0.4 is 15.8 Å². The fourth-order valence-electron chi connectivity index (χ4n) is 3.24. The van der Waals surface area contributed by atoms with E-state index in [0.717, 1.165) is 30.2 Å². The van der Waals surface area contributed by atoms with E-state index in [2.05, 4.69) is 10.3 Å². The van der Waals surface area contributed by atoms with Gasteiger partial charge >= 0.3 is 6.18 Å². The van der Waals surface area contributed by atoms with Gasteiger partial charge in [-0.15, -0.1) is 17.0 Å². The average molecular weight is 458 g/mol. The molecular formula is C20H23BrF3N3O. The van der Waals surface area contributed by atoms with Gasteiger partial charge < -0.3 is 15.8 Å². The summed E-state index contributed by atoms with van der Waals surface area (Å²) in [6.45, 7) is 0.395. The van der Waals surface area contributed by atoms with Crippen LogP contribution in [0, 0.1) is 0 Å². The molecule has 0 atom stereocenters. The van der Waals surface area contributed by atoms with Crippen LogP contribution in [-0.4, -0.2) is 19.1 Å². The highest BCUT2D eigenvalue weighted by Gasteiger charge is 2.34. The molecule has 1 fully saturated rings. The number of guanidine groups is 1. The topological polar surface area (TPSA) is 59.6 Å². The molecule has 1 aliphatic carbocycles. The molecule has 0 unspecified atom stereocenters. The number of nitrogens with zero attached hydrogens (tertiary/aromatic N) is 1. The summed E-state index contributed by atoms with van der Waals surface area (Å²) >= 11 is 0. The van der Waals surface area contributed by atoms with Crippen LogP contribution in [0.15, 0.2) is 53.5 Å². The monoisotopic (exact) mass is 457 g/mol. The maximum atomic E-state index is 12.8. The van der Waals surface area contributed by atoms with Crippen molar-refractivity contribution in [2.45, 2.75) is 37.5 Å². The molecule has 3 N–H and O–H groups in total. The number of alkyl halides is 3. The zero-order chi connectivity index (χ0) is 19.4. The van der Waals surface area contributed by atoms with Gasteiger partial charge in [0.25, 0.3) is 0 Å². The minimum Gasteiger partial charge on any atom is -0.496 e. The lowest BCUT2D eigenvalue weighted by Gasteiger charge is -2.36. The van der Waals surface area contributed by atoms with E-state index in [0.29, 0.717) is 18.1 Å². The van der Waals surface area contributed by atoms with Gasteiger partial charge in [0.05, 0.1) is 19.2 Å². The molecule has 28 heavy (non-hydrogen) atoms. The van der Waals surface area contributed by atoms with Gasteiger partial charge in [0.15, 0.2) is 5.96 Å². The highest BCUT2D eigenvalue weighted by Crippen LogP contribution is 2.39. The summed E-state index contributed by atoms with van der Waals surface area (Å²) in [5.41, 5.74) is 6.98. The molecule has 3 rings (SSSR count). The molecule has 0 bridgehead atoms. The average Bonchev–Trinajstić information content (AvgIpc) is 2.62. The van der Waals surface area contributed by atoms with Crippen molar-refractivity contribution in [2.75, 3.05) is 7.11 Å². The van der Waals surface area contributed by atoms with E-state index >= 15 is 0 Å². The third kappa shape index (κ3) is 5.41. The van der Waals surface area contributed by atoms with Gasteiger partial charge in [-0.25, -0.2) is 4.99 Å². The molecule has 1 saturated carbocycles. The zero-order valence-corrected chi connectivity index (χ0v) is 17.1.